The normalized spacial score (nSPS) is 32.8. The van der Waals surface area contributed by atoms with Crippen LogP contribution in [0.3, 0.4) is 0 Å². The molecule has 1 N–H and O–H groups in total. The summed E-state index contributed by atoms with van der Waals surface area (Å²) in [5.41, 5.74) is 0.352. The molecule has 2 saturated carbocycles. The topological polar surface area (TPSA) is 38.3 Å². The van der Waals surface area contributed by atoms with Crippen molar-refractivity contribution in [1.29, 1.82) is 0 Å². The molecule has 3 atom stereocenters. The van der Waals surface area contributed by atoms with E-state index in [1.54, 1.807) is 0 Å². The van der Waals surface area contributed by atoms with E-state index in [-0.39, 0.29) is 5.97 Å². The average molecular weight is 266 g/mol. The summed E-state index contributed by atoms with van der Waals surface area (Å²) in [6.07, 6.45) is 3.08. The molecule has 4 heteroatoms. The smallest absolute Gasteiger partial charge is 0.331 e. The Bertz CT molecular complexity index is 490. The van der Waals surface area contributed by atoms with Gasteiger partial charge in [-0.1, -0.05) is 17.7 Å². The van der Waals surface area contributed by atoms with E-state index in [4.69, 9.17) is 16.3 Å². The highest BCUT2D eigenvalue weighted by molar-refractivity contribution is 6.30. The van der Waals surface area contributed by atoms with Gasteiger partial charge in [0.15, 0.2) is 0 Å². The van der Waals surface area contributed by atoms with Crippen LogP contribution in [0.15, 0.2) is 24.3 Å². The van der Waals surface area contributed by atoms with Gasteiger partial charge >= 0.3 is 5.97 Å². The molecule has 18 heavy (non-hydrogen) atoms. The molecule has 2 aliphatic rings. The van der Waals surface area contributed by atoms with Crippen LogP contribution >= 0.6 is 11.6 Å². The molecular formula is C14H16ClNO2. The molecule has 1 aromatic carbocycles. The van der Waals surface area contributed by atoms with E-state index in [1.165, 1.54) is 7.11 Å². The second-order valence-electron chi connectivity index (χ2n) is 5.24. The van der Waals surface area contributed by atoms with Crippen molar-refractivity contribution in [2.24, 2.45) is 11.8 Å². The first kappa shape index (κ1) is 11.8. The maximum Gasteiger partial charge on any atom is 0.331 e. The maximum atomic E-state index is 12.1. The molecule has 96 valence electrons. The van der Waals surface area contributed by atoms with Crippen LogP contribution in [0.25, 0.3) is 0 Å². The third-order valence-electron chi connectivity index (χ3n) is 4.21. The Morgan fingerprint density at radius 3 is 2.94 bits per heavy atom. The maximum absolute atomic E-state index is 12.1. The summed E-state index contributed by atoms with van der Waals surface area (Å²) < 4.78 is 5.00. The summed E-state index contributed by atoms with van der Waals surface area (Å²) in [5.74, 6) is 0.965. The molecule has 0 bridgehead atoms. The number of esters is 1. The fourth-order valence-corrected chi connectivity index (χ4v) is 3.42. The van der Waals surface area contributed by atoms with Crippen LogP contribution in [0.4, 0.5) is 5.69 Å². The van der Waals surface area contributed by atoms with Gasteiger partial charge in [-0.15, -0.1) is 0 Å². The van der Waals surface area contributed by atoms with Gasteiger partial charge < -0.3 is 10.1 Å². The Morgan fingerprint density at radius 1 is 1.56 bits per heavy atom. The van der Waals surface area contributed by atoms with Gasteiger partial charge in [-0.3, -0.25) is 0 Å². The minimum atomic E-state index is -0.538. The Hall–Kier alpha value is -1.22. The summed E-state index contributed by atoms with van der Waals surface area (Å²) >= 11 is 5.98. The molecule has 3 rings (SSSR count). The van der Waals surface area contributed by atoms with Crippen LogP contribution in [-0.2, 0) is 9.53 Å². The van der Waals surface area contributed by atoms with Gasteiger partial charge in [0.05, 0.1) is 7.11 Å². The number of ether oxygens (including phenoxy) is 1. The second-order valence-corrected chi connectivity index (χ2v) is 5.68. The molecule has 3 nitrogen and oxygen atoms in total. The summed E-state index contributed by atoms with van der Waals surface area (Å²) in [5, 5.41) is 4.05. The second kappa shape index (κ2) is 4.16. The van der Waals surface area contributed by atoms with Crippen molar-refractivity contribution < 1.29 is 9.53 Å². The number of anilines is 1. The van der Waals surface area contributed by atoms with E-state index in [2.05, 4.69) is 5.32 Å². The average Bonchev–Trinajstić information content (AvgIpc) is 3.07. The first-order chi connectivity index (χ1) is 8.65. The molecular weight excluding hydrogens is 250 g/mol. The van der Waals surface area contributed by atoms with Gasteiger partial charge in [-0.2, -0.15) is 0 Å². The molecule has 0 heterocycles. The lowest BCUT2D eigenvalue weighted by Gasteiger charge is -2.30. The van der Waals surface area contributed by atoms with E-state index < -0.39 is 5.54 Å². The third-order valence-corrected chi connectivity index (χ3v) is 4.44. The number of fused-ring (bicyclic) bond motifs is 1. The molecule has 0 radical (unpaired) electrons. The van der Waals surface area contributed by atoms with Crippen molar-refractivity contribution in [2.45, 2.75) is 24.8 Å². The van der Waals surface area contributed by atoms with E-state index in [0.29, 0.717) is 16.9 Å². The Kier molecular flexibility index (Phi) is 2.74. The zero-order valence-electron chi connectivity index (χ0n) is 10.3. The summed E-state index contributed by atoms with van der Waals surface area (Å²) in [4.78, 5) is 12.1. The molecule has 2 aliphatic carbocycles. The molecule has 2 fully saturated rings. The highest BCUT2D eigenvalue weighted by Gasteiger charge is 2.62. The van der Waals surface area contributed by atoms with Crippen molar-refractivity contribution in [1.82, 2.24) is 0 Å². The number of carbonyl (C=O) groups is 1. The van der Waals surface area contributed by atoms with Crippen molar-refractivity contribution in [3.63, 3.8) is 0 Å². The number of hydrogen-bond donors (Lipinski definition) is 1. The Labute approximate surface area is 111 Å². The van der Waals surface area contributed by atoms with Crippen LogP contribution < -0.4 is 5.32 Å². The lowest BCUT2D eigenvalue weighted by molar-refractivity contribution is -0.146. The summed E-state index contributed by atoms with van der Waals surface area (Å²) in [7, 11) is 1.46. The number of methoxy groups -OCH3 is 1. The van der Waals surface area contributed by atoms with Gasteiger partial charge in [0.1, 0.15) is 5.54 Å². The molecule has 0 amide bonds. The molecule has 0 aliphatic heterocycles. The molecule has 3 unspecified atom stereocenters. The van der Waals surface area contributed by atoms with Gasteiger partial charge in [0, 0.05) is 10.7 Å². The lowest BCUT2D eigenvalue weighted by atomic mass is 9.92. The van der Waals surface area contributed by atoms with Crippen LogP contribution in [0.5, 0.6) is 0 Å². The van der Waals surface area contributed by atoms with Crippen LogP contribution in [0.2, 0.25) is 5.02 Å². The minimum Gasteiger partial charge on any atom is -0.467 e. The molecule has 0 spiro atoms. The Balaban J connectivity index is 1.89. The monoisotopic (exact) mass is 265 g/mol. The highest BCUT2D eigenvalue weighted by Crippen LogP contribution is 2.58. The third kappa shape index (κ3) is 1.77. The van der Waals surface area contributed by atoms with E-state index in [9.17, 15) is 4.79 Å². The van der Waals surface area contributed by atoms with E-state index >= 15 is 0 Å². The minimum absolute atomic E-state index is 0.146. The largest absolute Gasteiger partial charge is 0.467 e. The van der Waals surface area contributed by atoms with Gasteiger partial charge in [-0.05, 0) is 49.3 Å². The standard InChI is InChI=1S/C14H16ClNO2/c1-18-13(17)14(6-5-9-7-12(9)14)16-11-4-2-3-10(15)8-11/h2-4,8-9,12,16H,5-7H2,1H3. The van der Waals surface area contributed by atoms with Crippen molar-refractivity contribution in [2.75, 3.05) is 12.4 Å². The number of hydrogen-bond acceptors (Lipinski definition) is 3. The van der Waals surface area contributed by atoms with Crippen LogP contribution in [0.1, 0.15) is 19.3 Å². The first-order valence-corrected chi connectivity index (χ1v) is 6.66. The van der Waals surface area contributed by atoms with Gasteiger partial charge in [-0.25, -0.2) is 4.79 Å². The van der Waals surface area contributed by atoms with Gasteiger partial charge in [0.25, 0.3) is 0 Å². The number of nitrogens with one attached hydrogen (secondary N) is 1. The first-order valence-electron chi connectivity index (χ1n) is 6.28. The number of carbonyl (C=O) groups excluding carboxylic acids is 1. The molecule has 0 aromatic heterocycles. The number of benzene rings is 1. The fraction of sp³-hybridized carbons (Fsp3) is 0.500. The molecule has 1 aromatic rings. The zero-order valence-corrected chi connectivity index (χ0v) is 11.0. The fourth-order valence-electron chi connectivity index (χ4n) is 3.23. The Morgan fingerprint density at radius 2 is 2.39 bits per heavy atom. The van der Waals surface area contributed by atoms with Crippen LogP contribution in [-0.4, -0.2) is 18.6 Å². The predicted molar refractivity (Wildman–Crippen MR) is 70.7 cm³/mol. The summed E-state index contributed by atoms with van der Waals surface area (Å²) in [6, 6.07) is 7.50. The predicted octanol–water partition coefficient (Wildman–Crippen LogP) is 3.09. The van der Waals surface area contributed by atoms with Crippen molar-refractivity contribution in [3.8, 4) is 0 Å². The lowest BCUT2D eigenvalue weighted by Crippen LogP contribution is -2.47. The molecule has 0 saturated heterocycles. The quantitative estimate of drug-likeness (QED) is 0.854. The highest BCUT2D eigenvalue weighted by atomic mass is 35.5. The van der Waals surface area contributed by atoms with Gasteiger partial charge in [0.2, 0.25) is 0 Å². The summed E-state index contributed by atoms with van der Waals surface area (Å²) in [6.45, 7) is 0. The number of rotatable bonds is 3. The SMILES string of the molecule is COC(=O)C1(Nc2cccc(Cl)c2)CCC2CC21. The van der Waals surface area contributed by atoms with E-state index in [1.807, 2.05) is 24.3 Å². The number of halogens is 1. The zero-order chi connectivity index (χ0) is 12.8. The van der Waals surface area contributed by atoms with E-state index in [0.717, 1.165) is 24.9 Å². The van der Waals surface area contributed by atoms with Crippen molar-refractivity contribution >= 4 is 23.3 Å². The van der Waals surface area contributed by atoms with Crippen molar-refractivity contribution in [3.05, 3.63) is 29.3 Å². The van der Waals surface area contributed by atoms with Crippen LogP contribution in [0, 0.1) is 11.8 Å².